The summed E-state index contributed by atoms with van der Waals surface area (Å²) < 4.78 is 0. The van der Waals surface area contributed by atoms with E-state index in [4.69, 9.17) is 0 Å². The predicted molar refractivity (Wildman–Crippen MR) is 107 cm³/mol. The molecule has 2 aromatic rings. The fourth-order valence-corrected chi connectivity index (χ4v) is 1.68. The molecule has 23 heavy (non-hydrogen) atoms. The molecule has 2 rings (SSSR count). The van der Waals surface area contributed by atoms with Crippen molar-refractivity contribution in [2.45, 2.75) is 68.2 Å². The van der Waals surface area contributed by atoms with Crippen LogP contribution in [0.3, 0.4) is 0 Å². The topological polar surface area (TPSA) is 0 Å². The lowest BCUT2D eigenvalue weighted by Gasteiger charge is -2.12. The lowest BCUT2D eigenvalue weighted by atomic mass is 9.94. The van der Waals surface area contributed by atoms with Crippen molar-refractivity contribution in [2.75, 3.05) is 0 Å². The summed E-state index contributed by atoms with van der Waals surface area (Å²) in [7, 11) is 0. The largest absolute Gasteiger partial charge is 0.0683 e. The average Bonchev–Trinajstić information content (AvgIpc) is 2.57. The number of aryl methyl sites for hydroxylation is 2. The lowest BCUT2D eigenvalue weighted by molar-refractivity contribution is 0.398. The van der Waals surface area contributed by atoms with Crippen molar-refractivity contribution in [3.05, 3.63) is 59.7 Å². The van der Waals surface area contributed by atoms with Crippen molar-refractivity contribution in [1.82, 2.24) is 0 Å². The Hall–Kier alpha value is -1.56. The van der Waals surface area contributed by atoms with Crippen molar-refractivity contribution in [2.24, 2.45) is 5.41 Å². The van der Waals surface area contributed by atoms with Crippen LogP contribution in [-0.4, -0.2) is 0 Å². The summed E-state index contributed by atoms with van der Waals surface area (Å²) in [6.45, 7) is 17.2. The third kappa shape index (κ3) is 9.23. The van der Waals surface area contributed by atoms with Gasteiger partial charge < -0.3 is 0 Å². The maximum atomic E-state index is 2.24. The minimum atomic E-state index is 0.542. The average molecular weight is 313 g/mol. The normalized spacial score (nSPS) is 10.1. The van der Waals surface area contributed by atoms with Crippen molar-refractivity contribution >= 4 is 0 Å². The van der Waals surface area contributed by atoms with Gasteiger partial charge in [-0.05, 0) is 35.4 Å². The Morgan fingerprint density at radius 1 is 0.696 bits per heavy atom. The van der Waals surface area contributed by atoms with Crippen molar-refractivity contribution in [3.63, 3.8) is 0 Å². The number of rotatable bonds is 2. The third-order valence-corrected chi connectivity index (χ3v) is 3.81. The molecule has 0 aliphatic heterocycles. The van der Waals surface area contributed by atoms with E-state index in [9.17, 15) is 0 Å². The van der Waals surface area contributed by atoms with Crippen LogP contribution in [0.15, 0.2) is 48.5 Å². The van der Waals surface area contributed by atoms with E-state index >= 15 is 0 Å². The first kappa shape index (κ1) is 21.4. The van der Waals surface area contributed by atoms with Gasteiger partial charge in [-0.15, -0.1) is 0 Å². The molecular formula is C23H36. The minimum Gasteiger partial charge on any atom is -0.0683 e. The van der Waals surface area contributed by atoms with E-state index in [-0.39, 0.29) is 0 Å². The lowest BCUT2D eigenvalue weighted by Crippen LogP contribution is -2.00. The molecule has 0 unspecified atom stereocenters. The Bertz CT molecular complexity index is 509. The van der Waals surface area contributed by atoms with Gasteiger partial charge in [-0.3, -0.25) is 0 Å². The monoisotopic (exact) mass is 312 g/mol. The summed E-state index contributed by atoms with van der Waals surface area (Å²) >= 11 is 0. The fraction of sp³-hybridized carbons (Fsp3) is 0.478. The molecule has 0 saturated heterocycles. The van der Waals surface area contributed by atoms with Crippen LogP contribution in [0.2, 0.25) is 0 Å². The standard InChI is InChI=1S/C15H16.C6H14.C2H6/c1-3-13-6-10-15(11-7-13)14-8-4-12(2)5-9-14;1-5-6(2,3)4;1-2/h4-11H,3H2,1-2H3;5H2,1-4H3;1-2H3. The SMILES string of the molecule is CC.CCC(C)(C)C.CCc1ccc(-c2ccc(C)cc2)cc1. The molecule has 0 aliphatic carbocycles. The zero-order chi connectivity index (χ0) is 17.9. The van der Waals surface area contributed by atoms with Crippen molar-refractivity contribution < 1.29 is 0 Å². The van der Waals surface area contributed by atoms with Gasteiger partial charge in [0.2, 0.25) is 0 Å². The summed E-state index contributed by atoms with van der Waals surface area (Å²) in [6, 6.07) is 17.5. The van der Waals surface area contributed by atoms with E-state index in [2.05, 4.69) is 90.1 Å². The molecule has 128 valence electrons. The van der Waals surface area contributed by atoms with E-state index < -0.39 is 0 Å². The van der Waals surface area contributed by atoms with Gasteiger partial charge in [-0.2, -0.15) is 0 Å². The van der Waals surface area contributed by atoms with Crippen LogP contribution < -0.4 is 0 Å². The molecule has 0 heterocycles. The molecule has 0 N–H and O–H groups in total. The zero-order valence-corrected chi connectivity index (χ0v) is 16.5. The Balaban J connectivity index is 0.000000515. The highest BCUT2D eigenvalue weighted by Gasteiger charge is 2.03. The van der Waals surface area contributed by atoms with Crippen molar-refractivity contribution in [3.8, 4) is 11.1 Å². The van der Waals surface area contributed by atoms with Gasteiger partial charge in [0.15, 0.2) is 0 Å². The highest BCUT2D eigenvalue weighted by Crippen LogP contribution is 2.20. The summed E-state index contributed by atoms with van der Waals surface area (Å²) in [6.07, 6.45) is 2.38. The van der Waals surface area contributed by atoms with E-state index in [1.807, 2.05) is 13.8 Å². The van der Waals surface area contributed by atoms with Crippen LogP contribution in [0.5, 0.6) is 0 Å². The molecule has 0 nitrogen and oxygen atoms in total. The first-order valence-corrected chi connectivity index (χ1v) is 9.01. The summed E-state index contributed by atoms with van der Waals surface area (Å²) in [4.78, 5) is 0. The van der Waals surface area contributed by atoms with Gasteiger partial charge >= 0.3 is 0 Å². The van der Waals surface area contributed by atoms with Gasteiger partial charge in [0.1, 0.15) is 0 Å². The summed E-state index contributed by atoms with van der Waals surface area (Å²) in [5, 5.41) is 0. The predicted octanol–water partition coefficient (Wildman–Crippen LogP) is 7.69. The van der Waals surface area contributed by atoms with E-state index in [0.717, 1.165) is 6.42 Å². The molecule has 0 fully saturated rings. The fourth-order valence-electron chi connectivity index (χ4n) is 1.68. The van der Waals surface area contributed by atoms with E-state index in [1.165, 1.54) is 28.7 Å². The van der Waals surface area contributed by atoms with E-state index in [1.54, 1.807) is 0 Å². The second kappa shape index (κ2) is 11.0. The Morgan fingerprint density at radius 2 is 1.04 bits per heavy atom. The summed E-state index contributed by atoms with van der Waals surface area (Å²) in [5.41, 5.74) is 5.84. The second-order valence-corrected chi connectivity index (χ2v) is 6.83. The first-order chi connectivity index (χ1) is 10.9. The Labute approximate surface area is 145 Å². The molecule has 0 aromatic heterocycles. The molecule has 2 aromatic carbocycles. The highest BCUT2D eigenvalue weighted by atomic mass is 14.1. The maximum Gasteiger partial charge on any atom is -0.0184 e. The molecule has 0 amide bonds. The number of hydrogen-bond acceptors (Lipinski definition) is 0. The molecular weight excluding hydrogens is 276 g/mol. The van der Waals surface area contributed by atoms with Crippen LogP contribution in [0.4, 0.5) is 0 Å². The highest BCUT2D eigenvalue weighted by molar-refractivity contribution is 5.63. The first-order valence-electron chi connectivity index (χ1n) is 9.01. The van der Waals surface area contributed by atoms with Gasteiger partial charge in [0.25, 0.3) is 0 Å². The van der Waals surface area contributed by atoms with Crippen LogP contribution in [0.25, 0.3) is 11.1 Å². The summed E-state index contributed by atoms with van der Waals surface area (Å²) in [5.74, 6) is 0. The molecule has 0 bridgehead atoms. The number of benzene rings is 2. The van der Waals surface area contributed by atoms with Crippen LogP contribution in [0.1, 0.15) is 66.0 Å². The van der Waals surface area contributed by atoms with Gasteiger partial charge in [0.05, 0.1) is 0 Å². The Kier molecular flexibility index (Phi) is 10.3. The minimum absolute atomic E-state index is 0.542. The Morgan fingerprint density at radius 3 is 1.35 bits per heavy atom. The third-order valence-electron chi connectivity index (χ3n) is 3.81. The smallest absolute Gasteiger partial charge is 0.0184 e. The molecule has 0 atom stereocenters. The maximum absolute atomic E-state index is 2.24. The van der Waals surface area contributed by atoms with Crippen LogP contribution >= 0.6 is 0 Å². The van der Waals surface area contributed by atoms with E-state index in [0.29, 0.717) is 5.41 Å². The van der Waals surface area contributed by atoms with Crippen molar-refractivity contribution in [1.29, 1.82) is 0 Å². The van der Waals surface area contributed by atoms with Gasteiger partial charge in [-0.25, -0.2) is 0 Å². The van der Waals surface area contributed by atoms with Gasteiger partial charge in [0, 0.05) is 0 Å². The van der Waals surface area contributed by atoms with Crippen LogP contribution in [-0.2, 0) is 6.42 Å². The molecule has 0 saturated carbocycles. The molecule has 0 aliphatic rings. The molecule has 0 spiro atoms. The second-order valence-electron chi connectivity index (χ2n) is 6.83. The quantitative estimate of drug-likeness (QED) is 0.533. The zero-order valence-electron chi connectivity index (χ0n) is 16.5. The van der Waals surface area contributed by atoms with Gasteiger partial charge in [-0.1, -0.05) is 109 Å². The molecule has 0 heteroatoms. The molecule has 0 radical (unpaired) electrons. The number of hydrogen-bond donors (Lipinski definition) is 0. The van der Waals surface area contributed by atoms with Crippen LogP contribution in [0, 0.1) is 12.3 Å².